The fourth-order valence-corrected chi connectivity index (χ4v) is 3.46. The largest absolute Gasteiger partial charge is 0.456 e. The van der Waals surface area contributed by atoms with Crippen molar-refractivity contribution < 1.29 is 14.3 Å². The number of amides is 1. The van der Waals surface area contributed by atoms with E-state index in [4.69, 9.17) is 16.3 Å². The van der Waals surface area contributed by atoms with Crippen LogP contribution >= 0.6 is 23.4 Å². The number of rotatable bonds is 7. The normalized spacial score (nSPS) is 10.4. The number of anilines is 1. The maximum absolute atomic E-state index is 11.9. The molecule has 25 heavy (non-hydrogen) atoms. The van der Waals surface area contributed by atoms with Crippen LogP contribution in [0.4, 0.5) is 5.69 Å². The molecule has 1 amide bonds. The molecular weight excluding hydrogens is 358 g/mol. The van der Waals surface area contributed by atoms with Gasteiger partial charge in [0.25, 0.3) is 5.91 Å². The first-order valence-electron chi connectivity index (χ1n) is 7.86. The van der Waals surface area contributed by atoms with Crippen LogP contribution in [0.25, 0.3) is 0 Å². The minimum atomic E-state index is -0.405. The summed E-state index contributed by atoms with van der Waals surface area (Å²) in [6.45, 7) is 3.47. The molecule has 0 saturated carbocycles. The summed E-state index contributed by atoms with van der Waals surface area (Å²) in [7, 11) is 0. The number of hydrogen-bond donors (Lipinski definition) is 1. The number of hydrogen-bond acceptors (Lipinski definition) is 4. The minimum Gasteiger partial charge on any atom is -0.456 e. The number of esters is 1. The predicted octanol–water partition coefficient (Wildman–Crippen LogP) is 4.62. The predicted molar refractivity (Wildman–Crippen MR) is 102 cm³/mol. The number of nitrogens with one attached hydrogen (secondary N) is 1. The van der Waals surface area contributed by atoms with Gasteiger partial charge in [0.1, 0.15) is 0 Å². The van der Waals surface area contributed by atoms with E-state index < -0.39 is 11.9 Å². The van der Waals surface area contributed by atoms with Gasteiger partial charge >= 0.3 is 5.97 Å². The second-order valence-corrected chi connectivity index (χ2v) is 7.13. The van der Waals surface area contributed by atoms with E-state index in [2.05, 4.69) is 5.32 Å². The molecule has 2 aromatic rings. The van der Waals surface area contributed by atoms with E-state index >= 15 is 0 Å². The van der Waals surface area contributed by atoms with E-state index in [-0.39, 0.29) is 13.0 Å². The van der Waals surface area contributed by atoms with E-state index in [1.807, 2.05) is 50.2 Å². The maximum Gasteiger partial charge on any atom is 0.307 e. The van der Waals surface area contributed by atoms with Gasteiger partial charge in [0.05, 0.1) is 17.1 Å². The summed E-state index contributed by atoms with van der Waals surface area (Å²) in [4.78, 5) is 24.8. The molecule has 2 aromatic carbocycles. The number of halogens is 1. The van der Waals surface area contributed by atoms with Crippen LogP contribution in [-0.2, 0) is 14.3 Å². The quantitative estimate of drug-likeness (QED) is 0.565. The van der Waals surface area contributed by atoms with Gasteiger partial charge in [-0.1, -0.05) is 35.9 Å². The summed E-state index contributed by atoms with van der Waals surface area (Å²) < 4.78 is 5.01. The lowest BCUT2D eigenvalue weighted by Gasteiger charge is -2.11. The van der Waals surface area contributed by atoms with Gasteiger partial charge in [0.15, 0.2) is 6.61 Å². The third kappa shape index (κ3) is 6.44. The monoisotopic (exact) mass is 377 g/mol. The van der Waals surface area contributed by atoms with E-state index in [0.717, 1.165) is 16.0 Å². The van der Waals surface area contributed by atoms with Gasteiger partial charge in [0.2, 0.25) is 0 Å². The molecule has 1 N–H and O–H groups in total. The molecule has 0 aliphatic rings. The summed E-state index contributed by atoms with van der Waals surface area (Å²) in [5.74, 6) is -0.198. The fourth-order valence-electron chi connectivity index (χ4n) is 2.24. The van der Waals surface area contributed by atoms with Crippen LogP contribution in [-0.4, -0.2) is 24.2 Å². The standard InChI is InChI=1S/C19H20ClNO3S/c1-13-10-14(2)19(16(20)11-13)21-17(22)12-24-18(23)8-9-25-15-6-4-3-5-7-15/h3-7,10-11H,8-9,12H2,1-2H3,(H,21,22). The maximum atomic E-state index is 11.9. The highest BCUT2D eigenvalue weighted by Crippen LogP contribution is 2.27. The molecule has 0 unspecified atom stereocenters. The molecule has 2 rings (SSSR count). The van der Waals surface area contributed by atoms with Gasteiger partial charge in [-0.05, 0) is 43.2 Å². The zero-order chi connectivity index (χ0) is 18.2. The third-order valence-electron chi connectivity index (χ3n) is 3.38. The Morgan fingerprint density at radius 1 is 1.16 bits per heavy atom. The summed E-state index contributed by atoms with van der Waals surface area (Å²) in [6.07, 6.45) is 0.247. The Morgan fingerprint density at radius 3 is 2.56 bits per heavy atom. The van der Waals surface area contributed by atoms with Crippen LogP contribution in [0.15, 0.2) is 47.4 Å². The molecule has 0 radical (unpaired) electrons. The van der Waals surface area contributed by atoms with Gasteiger partial charge in [-0.3, -0.25) is 9.59 Å². The molecule has 0 fully saturated rings. The summed E-state index contributed by atoms with van der Waals surface area (Å²) in [5.41, 5.74) is 2.43. The number of thioether (sulfide) groups is 1. The Balaban J connectivity index is 1.73. The second kappa shape index (κ2) is 9.49. The van der Waals surface area contributed by atoms with Gasteiger partial charge in [-0.25, -0.2) is 0 Å². The van der Waals surface area contributed by atoms with Crippen molar-refractivity contribution in [3.63, 3.8) is 0 Å². The average Bonchev–Trinajstić information content (AvgIpc) is 2.57. The van der Waals surface area contributed by atoms with Gasteiger partial charge in [-0.2, -0.15) is 0 Å². The summed E-state index contributed by atoms with van der Waals surface area (Å²) >= 11 is 7.72. The van der Waals surface area contributed by atoms with E-state index in [9.17, 15) is 9.59 Å². The molecule has 0 aliphatic heterocycles. The Bertz CT molecular complexity index is 727. The smallest absolute Gasteiger partial charge is 0.307 e. The molecule has 0 aromatic heterocycles. The van der Waals surface area contributed by atoms with Crippen molar-refractivity contribution in [3.05, 3.63) is 58.6 Å². The first-order chi connectivity index (χ1) is 12.0. The molecule has 132 valence electrons. The van der Waals surface area contributed by atoms with Crippen molar-refractivity contribution in [2.45, 2.75) is 25.2 Å². The third-order valence-corrected chi connectivity index (χ3v) is 4.69. The lowest BCUT2D eigenvalue weighted by Crippen LogP contribution is -2.21. The van der Waals surface area contributed by atoms with Crippen molar-refractivity contribution in [1.29, 1.82) is 0 Å². The minimum absolute atomic E-state index is 0.247. The van der Waals surface area contributed by atoms with Crippen LogP contribution in [0.5, 0.6) is 0 Å². The second-order valence-electron chi connectivity index (χ2n) is 5.56. The Labute approximate surface area is 156 Å². The van der Waals surface area contributed by atoms with Crippen molar-refractivity contribution in [2.24, 2.45) is 0 Å². The highest BCUT2D eigenvalue weighted by Gasteiger charge is 2.12. The molecule has 0 bridgehead atoms. The average molecular weight is 378 g/mol. The molecule has 0 saturated heterocycles. The Kier molecular flexibility index (Phi) is 7.34. The highest BCUT2D eigenvalue weighted by molar-refractivity contribution is 7.99. The van der Waals surface area contributed by atoms with Gasteiger partial charge < -0.3 is 10.1 Å². The Hall–Kier alpha value is -1.98. The van der Waals surface area contributed by atoms with Crippen LogP contribution in [0.1, 0.15) is 17.5 Å². The lowest BCUT2D eigenvalue weighted by molar-refractivity contribution is -0.146. The van der Waals surface area contributed by atoms with E-state index in [0.29, 0.717) is 16.5 Å². The molecule has 6 heteroatoms. The van der Waals surface area contributed by atoms with Crippen LogP contribution in [0, 0.1) is 13.8 Å². The Morgan fingerprint density at radius 2 is 1.88 bits per heavy atom. The topological polar surface area (TPSA) is 55.4 Å². The molecular formula is C19H20ClNO3S. The van der Waals surface area contributed by atoms with Gasteiger partial charge in [-0.15, -0.1) is 11.8 Å². The number of carbonyl (C=O) groups is 2. The van der Waals surface area contributed by atoms with Crippen LogP contribution < -0.4 is 5.32 Å². The van der Waals surface area contributed by atoms with Crippen molar-refractivity contribution in [2.75, 3.05) is 17.7 Å². The fraction of sp³-hybridized carbons (Fsp3) is 0.263. The summed E-state index contributed by atoms with van der Waals surface area (Å²) in [6, 6.07) is 13.5. The SMILES string of the molecule is Cc1cc(C)c(NC(=O)COC(=O)CCSc2ccccc2)c(Cl)c1. The molecule has 4 nitrogen and oxygen atoms in total. The van der Waals surface area contributed by atoms with Crippen molar-refractivity contribution in [1.82, 2.24) is 0 Å². The number of benzene rings is 2. The molecule has 0 heterocycles. The number of ether oxygens (including phenoxy) is 1. The van der Waals surface area contributed by atoms with Gasteiger partial charge in [0, 0.05) is 10.6 Å². The first-order valence-corrected chi connectivity index (χ1v) is 9.22. The lowest BCUT2D eigenvalue weighted by atomic mass is 10.1. The van der Waals surface area contributed by atoms with E-state index in [1.54, 1.807) is 17.8 Å². The first kappa shape index (κ1) is 19.3. The van der Waals surface area contributed by atoms with Crippen molar-refractivity contribution >= 4 is 40.9 Å². The van der Waals surface area contributed by atoms with Crippen molar-refractivity contribution in [3.8, 4) is 0 Å². The summed E-state index contributed by atoms with van der Waals surface area (Å²) in [5, 5.41) is 3.16. The zero-order valence-corrected chi connectivity index (χ0v) is 15.7. The van der Waals surface area contributed by atoms with E-state index in [1.165, 1.54) is 0 Å². The molecule has 0 atom stereocenters. The number of carbonyl (C=O) groups excluding carboxylic acids is 2. The highest BCUT2D eigenvalue weighted by atomic mass is 35.5. The number of aryl methyl sites for hydroxylation is 2. The molecule has 0 aliphatic carbocycles. The van der Waals surface area contributed by atoms with Crippen LogP contribution in [0.2, 0.25) is 5.02 Å². The molecule has 0 spiro atoms. The van der Waals surface area contributed by atoms with Crippen LogP contribution in [0.3, 0.4) is 0 Å². The zero-order valence-electron chi connectivity index (χ0n) is 14.2.